The molecule has 0 aromatic heterocycles. The quantitative estimate of drug-likeness (QED) is 0.854. The summed E-state index contributed by atoms with van der Waals surface area (Å²) in [5.41, 5.74) is 0.764. The third-order valence-electron chi connectivity index (χ3n) is 3.71. The molecule has 17 heavy (non-hydrogen) atoms. The first kappa shape index (κ1) is 12.5. The highest BCUT2D eigenvalue weighted by molar-refractivity contribution is 5.18. The van der Waals surface area contributed by atoms with Gasteiger partial charge in [0.05, 0.1) is 0 Å². The largest absolute Gasteiger partial charge is 0.316 e. The first-order chi connectivity index (χ1) is 8.15. The molecule has 1 aliphatic rings. The van der Waals surface area contributed by atoms with Crippen molar-refractivity contribution in [3.8, 4) is 0 Å². The summed E-state index contributed by atoms with van der Waals surface area (Å²) in [5.74, 6) is 0.370. The van der Waals surface area contributed by atoms with E-state index in [1.165, 1.54) is 18.6 Å². The van der Waals surface area contributed by atoms with Gasteiger partial charge in [-0.1, -0.05) is 6.92 Å². The van der Waals surface area contributed by atoms with Crippen LogP contribution in [0.3, 0.4) is 0 Å². The van der Waals surface area contributed by atoms with Crippen LogP contribution in [0.2, 0.25) is 0 Å². The minimum Gasteiger partial charge on any atom is -0.316 e. The van der Waals surface area contributed by atoms with Crippen LogP contribution in [-0.4, -0.2) is 13.1 Å². The number of rotatable bonds is 3. The Hall–Kier alpha value is -0.960. The molecule has 0 saturated carbocycles. The van der Waals surface area contributed by atoms with E-state index in [2.05, 4.69) is 12.2 Å². The molecule has 1 N–H and O–H groups in total. The van der Waals surface area contributed by atoms with Gasteiger partial charge in [0.1, 0.15) is 11.6 Å². The van der Waals surface area contributed by atoms with E-state index in [1.807, 2.05) is 0 Å². The summed E-state index contributed by atoms with van der Waals surface area (Å²) in [6.45, 7) is 4.38. The second-order valence-corrected chi connectivity index (χ2v) is 5.05. The van der Waals surface area contributed by atoms with Crippen LogP contribution < -0.4 is 5.32 Å². The molecule has 1 nitrogen and oxygen atoms in total. The van der Waals surface area contributed by atoms with Crippen LogP contribution in [0, 0.1) is 23.5 Å². The van der Waals surface area contributed by atoms with Gasteiger partial charge in [0, 0.05) is 6.07 Å². The van der Waals surface area contributed by atoms with Gasteiger partial charge in [0.2, 0.25) is 0 Å². The van der Waals surface area contributed by atoms with Gasteiger partial charge in [-0.05, 0) is 61.9 Å². The molecule has 1 fully saturated rings. The Morgan fingerprint density at radius 1 is 1.24 bits per heavy atom. The number of benzene rings is 1. The van der Waals surface area contributed by atoms with Gasteiger partial charge < -0.3 is 5.32 Å². The maximum atomic E-state index is 13.0. The average Bonchev–Trinajstić information content (AvgIpc) is 2.27. The minimum absolute atomic E-state index is 0.477. The maximum Gasteiger partial charge on any atom is 0.126 e. The molecule has 1 heterocycles. The van der Waals surface area contributed by atoms with Crippen LogP contribution in [0.5, 0.6) is 0 Å². The van der Waals surface area contributed by atoms with Crippen molar-refractivity contribution >= 4 is 0 Å². The molecule has 0 bridgehead atoms. The summed E-state index contributed by atoms with van der Waals surface area (Å²) < 4.78 is 26.0. The average molecular weight is 239 g/mol. The van der Waals surface area contributed by atoms with E-state index in [0.717, 1.165) is 37.6 Å². The van der Waals surface area contributed by atoms with E-state index >= 15 is 0 Å². The molecule has 2 atom stereocenters. The van der Waals surface area contributed by atoms with Crippen molar-refractivity contribution in [3.63, 3.8) is 0 Å². The molecule has 2 rings (SSSR count). The van der Waals surface area contributed by atoms with Crippen molar-refractivity contribution in [1.29, 1.82) is 0 Å². The van der Waals surface area contributed by atoms with Gasteiger partial charge in [-0.25, -0.2) is 8.78 Å². The van der Waals surface area contributed by atoms with Crippen molar-refractivity contribution in [2.75, 3.05) is 13.1 Å². The molecule has 94 valence electrons. The molecular weight excluding hydrogens is 220 g/mol. The number of hydrogen-bond donors (Lipinski definition) is 1. The van der Waals surface area contributed by atoms with E-state index in [0.29, 0.717) is 11.8 Å². The maximum absolute atomic E-state index is 13.0. The first-order valence-corrected chi connectivity index (χ1v) is 6.31. The van der Waals surface area contributed by atoms with Crippen molar-refractivity contribution < 1.29 is 8.78 Å². The smallest absolute Gasteiger partial charge is 0.126 e. The van der Waals surface area contributed by atoms with Crippen LogP contribution in [0.1, 0.15) is 25.3 Å². The molecular formula is C14H19F2N. The lowest BCUT2D eigenvalue weighted by atomic mass is 9.84. The van der Waals surface area contributed by atoms with Gasteiger partial charge in [-0.15, -0.1) is 0 Å². The van der Waals surface area contributed by atoms with Gasteiger partial charge >= 0.3 is 0 Å². The van der Waals surface area contributed by atoms with E-state index in [9.17, 15) is 8.78 Å². The van der Waals surface area contributed by atoms with Gasteiger partial charge in [-0.2, -0.15) is 0 Å². The van der Waals surface area contributed by atoms with E-state index in [-0.39, 0.29) is 0 Å². The van der Waals surface area contributed by atoms with Crippen LogP contribution in [0.15, 0.2) is 18.2 Å². The molecule has 0 spiro atoms. The predicted octanol–water partition coefficient (Wildman–Crippen LogP) is 3.14. The highest BCUT2D eigenvalue weighted by Gasteiger charge is 2.20. The van der Waals surface area contributed by atoms with Gasteiger partial charge in [0.15, 0.2) is 0 Å². The summed E-state index contributed by atoms with van der Waals surface area (Å²) in [5, 5.41) is 3.38. The molecule has 0 aliphatic carbocycles. The normalized spacial score (nSPS) is 24.9. The van der Waals surface area contributed by atoms with Crippen LogP contribution >= 0.6 is 0 Å². The molecule has 1 aromatic carbocycles. The number of aryl methyl sites for hydroxylation is 1. The Kier molecular flexibility index (Phi) is 4.11. The lowest BCUT2D eigenvalue weighted by molar-refractivity contribution is 0.260. The summed E-state index contributed by atoms with van der Waals surface area (Å²) in [7, 11) is 0. The molecule has 1 aliphatic heterocycles. The van der Waals surface area contributed by atoms with E-state index in [4.69, 9.17) is 0 Å². The second kappa shape index (κ2) is 5.58. The predicted molar refractivity (Wildman–Crippen MR) is 64.8 cm³/mol. The zero-order valence-corrected chi connectivity index (χ0v) is 10.2. The van der Waals surface area contributed by atoms with Gasteiger partial charge in [-0.3, -0.25) is 0 Å². The number of halogens is 2. The molecule has 1 aromatic rings. The zero-order chi connectivity index (χ0) is 12.3. The highest BCUT2D eigenvalue weighted by atomic mass is 19.1. The lowest BCUT2D eigenvalue weighted by Gasteiger charge is -2.29. The Bertz CT molecular complexity index is 358. The van der Waals surface area contributed by atoms with Crippen LogP contribution in [0.4, 0.5) is 8.78 Å². The Labute approximate surface area is 101 Å². The zero-order valence-electron chi connectivity index (χ0n) is 10.2. The first-order valence-electron chi connectivity index (χ1n) is 6.31. The summed E-state index contributed by atoms with van der Waals surface area (Å²) in [6.07, 6.45) is 2.95. The molecule has 2 unspecified atom stereocenters. The topological polar surface area (TPSA) is 12.0 Å². The minimum atomic E-state index is -0.477. The van der Waals surface area contributed by atoms with Crippen molar-refractivity contribution in [2.24, 2.45) is 11.8 Å². The Balaban J connectivity index is 1.92. The summed E-state index contributed by atoms with van der Waals surface area (Å²) >= 11 is 0. The van der Waals surface area contributed by atoms with E-state index < -0.39 is 11.6 Å². The summed E-state index contributed by atoms with van der Waals surface area (Å²) in [6, 6.07) is 3.79. The molecule has 0 amide bonds. The number of hydrogen-bond acceptors (Lipinski definition) is 1. The van der Waals surface area contributed by atoms with Gasteiger partial charge in [0.25, 0.3) is 0 Å². The molecule has 1 saturated heterocycles. The van der Waals surface area contributed by atoms with Crippen molar-refractivity contribution in [3.05, 3.63) is 35.4 Å². The third-order valence-corrected chi connectivity index (χ3v) is 3.71. The highest BCUT2D eigenvalue weighted by Crippen LogP contribution is 2.23. The fraction of sp³-hybridized carbons (Fsp3) is 0.571. The fourth-order valence-electron chi connectivity index (χ4n) is 2.55. The summed E-state index contributed by atoms with van der Waals surface area (Å²) in [4.78, 5) is 0. The fourth-order valence-corrected chi connectivity index (χ4v) is 2.55. The lowest BCUT2D eigenvalue weighted by Crippen LogP contribution is -2.35. The van der Waals surface area contributed by atoms with E-state index in [1.54, 1.807) is 0 Å². The Morgan fingerprint density at radius 2 is 1.94 bits per heavy atom. The monoisotopic (exact) mass is 239 g/mol. The van der Waals surface area contributed by atoms with Crippen molar-refractivity contribution in [2.45, 2.75) is 26.2 Å². The second-order valence-electron chi connectivity index (χ2n) is 5.05. The van der Waals surface area contributed by atoms with Crippen LogP contribution in [-0.2, 0) is 6.42 Å². The van der Waals surface area contributed by atoms with Crippen LogP contribution in [0.25, 0.3) is 0 Å². The Morgan fingerprint density at radius 3 is 2.59 bits per heavy atom. The standard InChI is InChI=1S/C14H19F2N/c1-10-4-5-17-9-12(10)3-2-11-6-13(15)8-14(16)7-11/h6-8,10,12,17H,2-5,9H2,1H3. The third kappa shape index (κ3) is 3.50. The van der Waals surface area contributed by atoms with Crippen molar-refractivity contribution in [1.82, 2.24) is 5.32 Å². The molecule has 3 heteroatoms. The molecule has 0 radical (unpaired) electrons. The number of piperidine rings is 1. The SMILES string of the molecule is CC1CCNCC1CCc1cc(F)cc(F)c1. The number of nitrogens with one attached hydrogen (secondary N) is 1.